The third-order valence-corrected chi connectivity index (χ3v) is 3.46. The van der Waals surface area contributed by atoms with Gasteiger partial charge in [-0.2, -0.15) is 0 Å². The molecule has 22 heavy (non-hydrogen) atoms. The number of para-hydroxylation sites is 1. The van der Waals surface area contributed by atoms with Crippen LogP contribution >= 0.6 is 0 Å². The van der Waals surface area contributed by atoms with Crippen LogP contribution in [-0.4, -0.2) is 19.3 Å². The van der Waals surface area contributed by atoms with Crippen LogP contribution in [-0.2, 0) is 0 Å². The molecular formula is C17H14O5. The molecule has 3 aromatic rings. The van der Waals surface area contributed by atoms with Gasteiger partial charge in [-0.05, 0) is 12.1 Å². The minimum atomic E-state index is -0.264. The molecule has 1 N–H and O–H groups in total. The van der Waals surface area contributed by atoms with Crippen molar-refractivity contribution in [2.24, 2.45) is 0 Å². The predicted octanol–water partition coefficient (Wildman–Crippen LogP) is 3.18. The van der Waals surface area contributed by atoms with E-state index < -0.39 is 0 Å². The molecule has 112 valence electrons. The van der Waals surface area contributed by atoms with Crippen LogP contribution in [0.25, 0.3) is 22.1 Å². The molecule has 0 radical (unpaired) electrons. The van der Waals surface area contributed by atoms with Crippen molar-refractivity contribution in [2.75, 3.05) is 14.2 Å². The van der Waals surface area contributed by atoms with E-state index in [0.29, 0.717) is 28.0 Å². The first-order valence-electron chi connectivity index (χ1n) is 6.61. The molecule has 5 heteroatoms. The van der Waals surface area contributed by atoms with Crippen molar-refractivity contribution in [1.82, 2.24) is 0 Å². The minimum absolute atomic E-state index is 0.0176. The highest BCUT2D eigenvalue weighted by Crippen LogP contribution is 2.33. The van der Waals surface area contributed by atoms with Gasteiger partial charge in [0.2, 0.25) is 5.43 Å². The van der Waals surface area contributed by atoms with Crippen molar-refractivity contribution < 1.29 is 19.0 Å². The molecule has 0 atom stereocenters. The quantitative estimate of drug-likeness (QED) is 0.804. The third kappa shape index (κ3) is 2.16. The smallest absolute Gasteiger partial charge is 0.200 e. The van der Waals surface area contributed by atoms with Gasteiger partial charge in [-0.15, -0.1) is 0 Å². The summed E-state index contributed by atoms with van der Waals surface area (Å²) >= 11 is 0. The lowest BCUT2D eigenvalue weighted by atomic mass is 10.0. The highest BCUT2D eigenvalue weighted by molar-refractivity contribution is 5.88. The first-order chi connectivity index (χ1) is 10.7. The second-order valence-corrected chi connectivity index (χ2v) is 4.70. The van der Waals surface area contributed by atoms with Gasteiger partial charge in [-0.3, -0.25) is 4.79 Å². The first-order valence-corrected chi connectivity index (χ1v) is 6.61. The van der Waals surface area contributed by atoms with Crippen molar-refractivity contribution in [3.05, 3.63) is 52.9 Å². The highest BCUT2D eigenvalue weighted by Gasteiger charge is 2.16. The summed E-state index contributed by atoms with van der Waals surface area (Å²) < 4.78 is 16.0. The Balaban J connectivity index is 2.35. The summed E-state index contributed by atoms with van der Waals surface area (Å²) in [6.45, 7) is 0. The van der Waals surface area contributed by atoms with Gasteiger partial charge in [0.25, 0.3) is 0 Å². The van der Waals surface area contributed by atoms with Crippen LogP contribution < -0.4 is 14.9 Å². The maximum absolute atomic E-state index is 12.7. The molecule has 0 saturated heterocycles. The fourth-order valence-corrected chi connectivity index (χ4v) is 2.34. The fourth-order valence-electron chi connectivity index (χ4n) is 2.34. The number of rotatable bonds is 3. The molecule has 0 aliphatic carbocycles. The summed E-state index contributed by atoms with van der Waals surface area (Å²) in [6, 6.07) is 9.84. The molecule has 0 aliphatic rings. The Morgan fingerprint density at radius 3 is 2.50 bits per heavy atom. The van der Waals surface area contributed by atoms with Crippen molar-refractivity contribution in [2.45, 2.75) is 0 Å². The molecule has 1 heterocycles. The van der Waals surface area contributed by atoms with E-state index in [1.54, 1.807) is 30.3 Å². The first kappa shape index (κ1) is 14.0. The zero-order chi connectivity index (χ0) is 15.7. The molecule has 5 nitrogen and oxygen atoms in total. The Hall–Kier alpha value is -2.95. The lowest BCUT2D eigenvalue weighted by Crippen LogP contribution is -2.06. The Bertz CT molecular complexity index is 895. The molecule has 0 saturated carbocycles. The third-order valence-electron chi connectivity index (χ3n) is 3.46. The van der Waals surface area contributed by atoms with Crippen molar-refractivity contribution in [3.63, 3.8) is 0 Å². The normalized spacial score (nSPS) is 10.6. The van der Waals surface area contributed by atoms with E-state index in [4.69, 9.17) is 13.9 Å². The van der Waals surface area contributed by atoms with E-state index in [-0.39, 0.29) is 16.7 Å². The topological polar surface area (TPSA) is 68.9 Å². The van der Waals surface area contributed by atoms with E-state index in [0.717, 1.165) is 0 Å². The fraction of sp³-hybridized carbons (Fsp3) is 0.118. The molecular weight excluding hydrogens is 284 g/mol. The van der Waals surface area contributed by atoms with Crippen LogP contribution in [0.1, 0.15) is 0 Å². The molecule has 3 rings (SSSR count). The average Bonchev–Trinajstić information content (AvgIpc) is 2.55. The van der Waals surface area contributed by atoms with Crippen LogP contribution in [0.2, 0.25) is 0 Å². The summed E-state index contributed by atoms with van der Waals surface area (Å²) in [7, 11) is 3.00. The zero-order valence-corrected chi connectivity index (χ0v) is 12.1. The average molecular weight is 298 g/mol. The van der Waals surface area contributed by atoms with Crippen LogP contribution in [0.5, 0.6) is 17.2 Å². The van der Waals surface area contributed by atoms with E-state index in [2.05, 4.69) is 0 Å². The van der Waals surface area contributed by atoms with Gasteiger partial charge in [0, 0.05) is 11.6 Å². The zero-order valence-electron chi connectivity index (χ0n) is 12.1. The molecule has 0 aliphatic heterocycles. The van der Waals surface area contributed by atoms with E-state index in [1.165, 1.54) is 26.5 Å². The Labute approximate surface area is 126 Å². The number of hydrogen-bond acceptors (Lipinski definition) is 5. The van der Waals surface area contributed by atoms with Gasteiger partial charge in [0.1, 0.15) is 17.8 Å². The summed E-state index contributed by atoms with van der Waals surface area (Å²) in [5.41, 5.74) is 0.772. The summed E-state index contributed by atoms with van der Waals surface area (Å²) in [6.07, 6.45) is 1.33. The van der Waals surface area contributed by atoms with Crippen molar-refractivity contribution in [1.29, 1.82) is 0 Å². The molecule has 0 bridgehead atoms. The molecule has 1 aromatic heterocycles. The van der Waals surface area contributed by atoms with Gasteiger partial charge in [0.15, 0.2) is 11.3 Å². The Kier molecular flexibility index (Phi) is 3.47. The molecule has 0 amide bonds. The standard InChI is InChI=1S/C17H14O5/c1-20-10-7-12-16(19)13(11-5-3-4-6-14(11)18)9-22-17(12)15(8-10)21-2/h3-9,18H,1-2H3. The predicted molar refractivity (Wildman–Crippen MR) is 82.7 cm³/mol. The number of phenols is 1. The van der Waals surface area contributed by atoms with Gasteiger partial charge >= 0.3 is 0 Å². The number of aromatic hydroxyl groups is 1. The minimum Gasteiger partial charge on any atom is -0.507 e. The van der Waals surface area contributed by atoms with Crippen LogP contribution in [0.3, 0.4) is 0 Å². The second kappa shape index (κ2) is 5.44. The van der Waals surface area contributed by atoms with Gasteiger partial charge < -0.3 is 19.0 Å². The number of fused-ring (bicyclic) bond motifs is 1. The number of phenolic OH excluding ortho intramolecular Hbond substituents is 1. The maximum atomic E-state index is 12.7. The highest BCUT2D eigenvalue weighted by atomic mass is 16.5. The van der Waals surface area contributed by atoms with Crippen LogP contribution in [0.4, 0.5) is 0 Å². The summed E-state index contributed by atoms with van der Waals surface area (Å²) in [5, 5.41) is 10.3. The number of benzene rings is 2. The number of hydrogen-bond donors (Lipinski definition) is 1. The lowest BCUT2D eigenvalue weighted by Gasteiger charge is -2.09. The van der Waals surface area contributed by atoms with Gasteiger partial charge in [-0.1, -0.05) is 18.2 Å². The van der Waals surface area contributed by atoms with Crippen LogP contribution in [0, 0.1) is 0 Å². The monoisotopic (exact) mass is 298 g/mol. The molecule has 0 unspecified atom stereocenters. The van der Waals surface area contributed by atoms with Crippen molar-refractivity contribution >= 4 is 11.0 Å². The second-order valence-electron chi connectivity index (χ2n) is 4.70. The van der Waals surface area contributed by atoms with E-state index in [1.807, 2.05) is 0 Å². The van der Waals surface area contributed by atoms with Crippen LogP contribution in [0.15, 0.2) is 51.9 Å². The molecule has 0 spiro atoms. The molecule has 2 aromatic carbocycles. The largest absolute Gasteiger partial charge is 0.507 e. The van der Waals surface area contributed by atoms with Gasteiger partial charge in [-0.25, -0.2) is 0 Å². The lowest BCUT2D eigenvalue weighted by molar-refractivity contribution is 0.391. The molecule has 0 fully saturated rings. The SMILES string of the molecule is COc1cc(OC)c2occ(-c3ccccc3O)c(=O)c2c1. The number of ether oxygens (including phenoxy) is 2. The number of methoxy groups -OCH3 is 2. The van der Waals surface area contributed by atoms with E-state index in [9.17, 15) is 9.90 Å². The summed E-state index contributed by atoms with van der Waals surface area (Å²) in [5.74, 6) is 0.922. The Morgan fingerprint density at radius 1 is 1.05 bits per heavy atom. The van der Waals surface area contributed by atoms with Crippen molar-refractivity contribution in [3.8, 4) is 28.4 Å². The van der Waals surface area contributed by atoms with E-state index >= 15 is 0 Å². The van der Waals surface area contributed by atoms with Gasteiger partial charge in [0.05, 0.1) is 25.2 Å². The maximum Gasteiger partial charge on any atom is 0.200 e. The Morgan fingerprint density at radius 2 is 1.82 bits per heavy atom. The summed E-state index contributed by atoms with van der Waals surface area (Å²) in [4.78, 5) is 12.7.